The number of hydrogen-bond donors (Lipinski definition) is 0. The van der Waals surface area contributed by atoms with Crippen LogP contribution in [-0.2, 0) is 13.6 Å². The van der Waals surface area contributed by atoms with E-state index >= 15 is 0 Å². The minimum absolute atomic E-state index is 0.290. The molecule has 2 aromatic carbocycles. The molecule has 2 aliphatic rings. The van der Waals surface area contributed by atoms with Crippen molar-refractivity contribution in [1.29, 1.82) is 0 Å². The predicted molar refractivity (Wildman–Crippen MR) is 131 cm³/mol. The van der Waals surface area contributed by atoms with E-state index in [1.807, 2.05) is 18.2 Å². The average molecular weight is 467 g/mol. The second-order valence-electron chi connectivity index (χ2n) is 8.67. The summed E-state index contributed by atoms with van der Waals surface area (Å²) in [4.78, 5) is 30.9. The number of aromatic nitrogens is 2. The Kier molecular flexibility index (Phi) is 6.19. The molecule has 3 aromatic rings. The molecule has 34 heavy (non-hydrogen) atoms. The van der Waals surface area contributed by atoms with Gasteiger partial charge in [-0.3, -0.25) is 18.8 Å². The van der Waals surface area contributed by atoms with E-state index in [1.165, 1.54) is 9.13 Å². The first kappa shape index (κ1) is 22.3. The van der Waals surface area contributed by atoms with Crippen LogP contribution in [0.25, 0.3) is 10.9 Å². The van der Waals surface area contributed by atoms with Gasteiger partial charge in [0.2, 0.25) is 0 Å². The van der Waals surface area contributed by atoms with E-state index in [0.29, 0.717) is 48.7 Å². The summed E-state index contributed by atoms with van der Waals surface area (Å²) in [6, 6.07) is 11.5. The molecule has 2 aliphatic heterocycles. The number of piperazine rings is 1. The smallest absolute Gasteiger partial charge is 0.331 e. The van der Waals surface area contributed by atoms with E-state index in [-0.39, 0.29) is 11.2 Å². The molecule has 9 heteroatoms. The molecule has 1 fully saturated rings. The van der Waals surface area contributed by atoms with Crippen LogP contribution in [0.1, 0.15) is 6.42 Å². The first-order chi connectivity index (χ1) is 16.6. The minimum Gasteiger partial charge on any atom is -0.495 e. The van der Waals surface area contributed by atoms with Crippen molar-refractivity contribution in [2.45, 2.75) is 13.0 Å². The first-order valence-corrected chi connectivity index (χ1v) is 11.7. The molecule has 9 nitrogen and oxygen atoms in total. The van der Waals surface area contributed by atoms with Gasteiger partial charge in [0.05, 0.1) is 36.9 Å². The zero-order valence-electron chi connectivity index (χ0n) is 19.7. The van der Waals surface area contributed by atoms with Crippen molar-refractivity contribution in [3.63, 3.8) is 0 Å². The van der Waals surface area contributed by atoms with Crippen molar-refractivity contribution in [1.82, 2.24) is 14.0 Å². The molecule has 0 N–H and O–H groups in total. The van der Waals surface area contributed by atoms with E-state index < -0.39 is 0 Å². The summed E-state index contributed by atoms with van der Waals surface area (Å²) in [6.07, 6.45) is 0.776. The third-order valence-electron chi connectivity index (χ3n) is 6.66. The van der Waals surface area contributed by atoms with Crippen LogP contribution in [-0.4, -0.2) is 67.1 Å². The van der Waals surface area contributed by atoms with Crippen molar-refractivity contribution in [2.24, 2.45) is 7.05 Å². The zero-order chi connectivity index (χ0) is 23.7. The molecule has 0 amide bonds. The van der Waals surface area contributed by atoms with E-state index in [1.54, 1.807) is 26.3 Å². The maximum absolute atomic E-state index is 13.3. The van der Waals surface area contributed by atoms with Gasteiger partial charge < -0.3 is 19.1 Å². The summed E-state index contributed by atoms with van der Waals surface area (Å²) in [7, 11) is 3.38. The summed E-state index contributed by atoms with van der Waals surface area (Å²) < 4.78 is 19.8. The number of methoxy groups -OCH3 is 1. The molecule has 1 saturated heterocycles. The van der Waals surface area contributed by atoms with Crippen molar-refractivity contribution >= 4 is 16.6 Å². The highest BCUT2D eigenvalue weighted by Crippen LogP contribution is 2.32. The van der Waals surface area contributed by atoms with Crippen LogP contribution in [0.4, 0.5) is 5.69 Å². The Balaban J connectivity index is 1.33. The zero-order valence-corrected chi connectivity index (χ0v) is 19.7. The fourth-order valence-corrected chi connectivity index (χ4v) is 4.71. The number of aryl methyl sites for hydroxylation is 1. The number of fused-ring (bicyclic) bond motifs is 2. The van der Waals surface area contributed by atoms with Crippen LogP contribution in [0.3, 0.4) is 0 Å². The Morgan fingerprint density at radius 1 is 0.941 bits per heavy atom. The van der Waals surface area contributed by atoms with Crippen molar-refractivity contribution in [3.05, 3.63) is 57.2 Å². The number of hydrogen-bond acceptors (Lipinski definition) is 7. The number of ether oxygens (including phenoxy) is 3. The molecule has 0 saturated carbocycles. The van der Waals surface area contributed by atoms with Gasteiger partial charge in [-0.1, -0.05) is 12.1 Å². The third kappa shape index (κ3) is 4.11. The Hall–Kier alpha value is -3.46. The molecule has 5 rings (SSSR count). The maximum atomic E-state index is 13.3. The molecule has 3 heterocycles. The Labute approximate surface area is 197 Å². The number of benzene rings is 2. The normalized spacial score (nSPS) is 16.5. The molecule has 0 unspecified atom stereocenters. The highest BCUT2D eigenvalue weighted by molar-refractivity contribution is 5.82. The van der Waals surface area contributed by atoms with Gasteiger partial charge in [-0.2, -0.15) is 0 Å². The highest BCUT2D eigenvalue weighted by atomic mass is 16.5. The first-order valence-electron chi connectivity index (χ1n) is 11.7. The van der Waals surface area contributed by atoms with Gasteiger partial charge >= 0.3 is 5.69 Å². The summed E-state index contributed by atoms with van der Waals surface area (Å²) in [5.74, 6) is 2.00. The molecule has 0 atom stereocenters. The van der Waals surface area contributed by atoms with Gasteiger partial charge in [0, 0.05) is 58.8 Å². The van der Waals surface area contributed by atoms with Crippen molar-refractivity contribution in [2.75, 3.05) is 57.9 Å². The lowest BCUT2D eigenvalue weighted by Crippen LogP contribution is -2.49. The lowest BCUT2D eigenvalue weighted by Gasteiger charge is -2.36. The average Bonchev–Trinajstić information content (AvgIpc) is 3.12. The molecule has 1 aromatic heterocycles. The number of rotatable bonds is 5. The van der Waals surface area contributed by atoms with Crippen LogP contribution in [0.2, 0.25) is 0 Å². The second-order valence-corrected chi connectivity index (χ2v) is 8.67. The lowest BCUT2D eigenvalue weighted by molar-refractivity contribution is 0.245. The Morgan fingerprint density at radius 2 is 1.65 bits per heavy atom. The molecular formula is C25H30N4O5. The Bertz CT molecular complexity index is 1310. The monoisotopic (exact) mass is 466 g/mol. The number of anilines is 1. The van der Waals surface area contributed by atoms with Crippen LogP contribution in [0.5, 0.6) is 17.2 Å². The maximum Gasteiger partial charge on any atom is 0.331 e. The predicted octanol–water partition coefficient (Wildman–Crippen LogP) is 1.69. The largest absolute Gasteiger partial charge is 0.495 e. The molecule has 180 valence electrons. The van der Waals surface area contributed by atoms with Gasteiger partial charge in [-0.05, 0) is 18.2 Å². The molecule has 0 bridgehead atoms. The van der Waals surface area contributed by atoms with Gasteiger partial charge in [0.25, 0.3) is 5.56 Å². The molecule has 0 radical (unpaired) electrons. The van der Waals surface area contributed by atoms with Crippen LogP contribution in [0.15, 0.2) is 46.0 Å². The topological polar surface area (TPSA) is 78.2 Å². The molecule has 0 aliphatic carbocycles. The van der Waals surface area contributed by atoms with Crippen LogP contribution >= 0.6 is 0 Å². The Morgan fingerprint density at radius 3 is 2.38 bits per heavy atom. The summed E-state index contributed by atoms with van der Waals surface area (Å²) in [5, 5.41) is 0.465. The van der Waals surface area contributed by atoms with Crippen molar-refractivity contribution in [3.8, 4) is 17.2 Å². The molecular weight excluding hydrogens is 436 g/mol. The van der Waals surface area contributed by atoms with E-state index in [9.17, 15) is 9.59 Å². The third-order valence-corrected chi connectivity index (χ3v) is 6.66. The lowest BCUT2D eigenvalue weighted by atomic mass is 10.2. The summed E-state index contributed by atoms with van der Waals surface area (Å²) in [5.41, 5.74) is 1.04. The fourth-order valence-electron chi connectivity index (χ4n) is 4.71. The second kappa shape index (κ2) is 9.42. The quantitative estimate of drug-likeness (QED) is 0.566. The van der Waals surface area contributed by atoms with Crippen molar-refractivity contribution < 1.29 is 14.2 Å². The summed E-state index contributed by atoms with van der Waals surface area (Å²) in [6.45, 7) is 5.46. The molecule has 0 spiro atoms. The van der Waals surface area contributed by atoms with Gasteiger partial charge in [0.1, 0.15) is 5.75 Å². The van der Waals surface area contributed by atoms with Gasteiger partial charge in [-0.25, -0.2) is 4.79 Å². The van der Waals surface area contributed by atoms with Crippen LogP contribution in [0, 0.1) is 0 Å². The fraction of sp³-hybridized carbons (Fsp3) is 0.440. The van der Waals surface area contributed by atoms with E-state index in [0.717, 1.165) is 44.0 Å². The van der Waals surface area contributed by atoms with Gasteiger partial charge in [-0.15, -0.1) is 0 Å². The standard InChI is InChI=1S/C25H30N4O5/c1-26-20-17-23-22(33-14-5-15-34-23)16-18(20)24(30)29(25(26)31)13-10-27-8-11-28(12-9-27)19-6-3-4-7-21(19)32-2/h3-4,6-7,16-17H,5,8-15H2,1-2H3. The SMILES string of the molecule is COc1ccccc1N1CCN(CCn2c(=O)c3cc4c(cc3n(C)c2=O)OCCCO4)CC1. The van der Waals surface area contributed by atoms with Crippen LogP contribution < -0.4 is 30.4 Å². The van der Waals surface area contributed by atoms with Gasteiger partial charge in [0.15, 0.2) is 11.5 Å². The minimum atomic E-state index is -0.320. The van der Waals surface area contributed by atoms with E-state index in [4.69, 9.17) is 14.2 Å². The number of nitrogens with zero attached hydrogens (tertiary/aromatic N) is 4. The summed E-state index contributed by atoms with van der Waals surface area (Å²) >= 11 is 0. The highest BCUT2D eigenvalue weighted by Gasteiger charge is 2.21. The van der Waals surface area contributed by atoms with E-state index in [2.05, 4.69) is 15.9 Å². The number of para-hydroxylation sites is 2.